The predicted molar refractivity (Wildman–Crippen MR) is 85.8 cm³/mol. The van der Waals surface area contributed by atoms with Gasteiger partial charge in [0.05, 0.1) is 24.1 Å². The van der Waals surface area contributed by atoms with Crippen molar-refractivity contribution in [1.29, 1.82) is 0 Å². The molecule has 1 heterocycles. The lowest BCUT2D eigenvalue weighted by Gasteiger charge is -2.18. The SMILES string of the molecule is COC[C@@H](NS(=O)(=O)Cc1ccccc1C)c1ccccn1. The minimum absolute atomic E-state index is 0.0628. The molecule has 118 valence electrons. The Hall–Kier alpha value is -1.76. The van der Waals surface area contributed by atoms with Crippen LogP contribution in [-0.2, 0) is 20.5 Å². The number of benzene rings is 1. The lowest BCUT2D eigenvalue weighted by Crippen LogP contribution is -2.33. The summed E-state index contributed by atoms with van der Waals surface area (Å²) in [7, 11) is -1.96. The van der Waals surface area contributed by atoms with Gasteiger partial charge in [0, 0.05) is 13.3 Å². The average molecular weight is 320 g/mol. The summed E-state index contributed by atoms with van der Waals surface area (Å²) in [4.78, 5) is 4.20. The van der Waals surface area contributed by atoms with Crippen molar-refractivity contribution in [2.45, 2.75) is 18.7 Å². The van der Waals surface area contributed by atoms with Gasteiger partial charge < -0.3 is 4.74 Å². The molecule has 0 bridgehead atoms. The number of nitrogens with one attached hydrogen (secondary N) is 1. The maximum Gasteiger partial charge on any atom is 0.216 e. The van der Waals surface area contributed by atoms with E-state index in [0.29, 0.717) is 5.69 Å². The Kier molecular flexibility index (Phi) is 5.65. The van der Waals surface area contributed by atoms with E-state index in [2.05, 4.69) is 9.71 Å². The third-order valence-electron chi connectivity index (χ3n) is 3.31. The van der Waals surface area contributed by atoms with E-state index < -0.39 is 16.1 Å². The van der Waals surface area contributed by atoms with E-state index in [-0.39, 0.29) is 12.4 Å². The molecule has 0 aliphatic heterocycles. The van der Waals surface area contributed by atoms with E-state index in [9.17, 15) is 8.42 Å². The number of hydrogen-bond donors (Lipinski definition) is 1. The Morgan fingerprint density at radius 3 is 2.55 bits per heavy atom. The smallest absolute Gasteiger partial charge is 0.216 e. The summed E-state index contributed by atoms with van der Waals surface area (Å²) in [6.45, 7) is 2.13. The van der Waals surface area contributed by atoms with Gasteiger partial charge in [0.25, 0.3) is 0 Å². The maximum absolute atomic E-state index is 12.4. The predicted octanol–water partition coefficient (Wildman–Crippen LogP) is 2.20. The summed E-state index contributed by atoms with van der Waals surface area (Å²) in [5, 5.41) is 0. The summed E-state index contributed by atoms with van der Waals surface area (Å²) in [6, 6.07) is 12.3. The Morgan fingerprint density at radius 2 is 1.91 bits per heavy atom. The van der Waals surface area contributed by atoms with Crippen LogP contribution in [0.4, 0.5) is 0 Å². The first-order chi connectivity index (χ1) is 10.5. The van der Waals surface area contributed by atoms with Crippen LogP contribution in [0, 0.1) is 6.92 Å². The average Bonchev–Trinajstić information content (AvgIpc) is 2.50. The van der Waals surface area contributed by atoms with E-state index in [1.807, 2.05) is 37.3 Å². The van der Waals surface area contributed by atoms with Crippen molar-refractivity contribution >= 4 is 10.0 Å². The third kappa shape index (κ3) is 4.62. The van der Waals surface area contributed by atoms with Crippen molar-refractivity contribution in [1.82, 2.24) is 9.71 Å². The zero-order valence-corrected chi connectivity index (χ0v) is 13.5. The number of aryl methyl sites for hydroxylation is 1. The fourth-order valence-corrected chi connectivity index (χ4v) is 3.60. The molecule has 5 nitrogen and oxygen atoms in total. The molecule has 1 atom stereocenters. The summed E-state index contributed by atoms with van der Waals surface area (Å²) in [5.74, 6) is -0.0628. The van der Waals surface area contributed by atoms with Crippen molar-refractivity contribution in [3.63, 3.8) is 0 Å². The van der Waals surface area contributed by atoms with E-state index in [1.165, 1.54) is 7.11 Å². The quantitative estimate of drug-likeness (QED) is 0.849. The second kappa shape index (κ2) is 7.49. The molecule has 2 rings (SSSR count). The van der Waals surface area contributed by atoms with Crippen LogP contribution in [0.5, 0.6) is 0 Å². The largest absolute Gasteiger partial charge is 0.383 e. The van der Waals surface area contributed by atoms with Gasteiger partial charge in [-0.15, -0.1) is 0 Å². The van der Waals surface area contributed by atoms with E-state index >= 15 is 0 Å². The Labute approximate surface area is 131 Å². The van der Waals surface area contributed by atoms with Gasteiger partial charge in [-0.25, -0.2) is 13.1 Å². The molecule has 0 spiro atoms. The molecule has 0 aliphatic rings. The normalized spacial score (nSPS) is 13.0. The Bertz CT molecular complexity index is 702. The highest BCUT2D eigenvalue weighted by atomic mass is 32.2. The summed E-state index contributed by atoms with van der Waals surface area (Å²) >= 11 is 0. The van der Waals surface area contributed by atoms with E-state index in [1.54, 1.807) is 18.3 Å². The Morgan fingerprint density at radius 1 is 1.18 bits per heavy atom. The summed E-state index contributed by atoms with van der Waals surface area (Å²) < 4.78 is 32.6. The molecule has 0 amide bonds. The summed E-state index contributed by atoms with van der Waals surface area (Å²) in [6.07, 6.45) is 1.63. The van der Waals surface area contributed by atoms with Gasteiger partial charge in [-0.3, -0.25) is 4.98 Å². The van der Waals surface area contributed by atoms with Gasteiger partial charge in [-0.1, -0.05) is 30.3 Å². The summed E-state index contributed by atoms with van der Waals surface area (Å²) in [5.41, 5.74) is 2.37. The van der Waals surface area contributed by atoms with Gasteiger partial charge in [0.2, 0.25) is 10.0 Å². The fraction of sp³-hybridized carbons (Fsp3) is 0.312. The van der Waals surface area contributed by atoms with Crippen molar-refractivity contribution in [2.75, 3.05) is 13.7 Å². The molecule has 2 aromatic rings. The third-order valence-corrected chi connectivity index (χ3v) is 4.64. The highest BCUT2D eigenvalue weighted by molar-refractivity contribution is 7.88. The molecular formula is C16H20N2O3S. The maximum atomic E-state index is 12.4. The molecule has 22 heavy (non-hydrogen) atoms. The molecule has 6 heteroatoms. The Balaban J connectivity index is 2.16. The standard InChI is InChI=1S/C16H20N2O3S/c1-13-7-3-4-8-14(13)12-22(19,20)18-16(11-21-2)15-9-5-6-10-17-15/h3-10,16,18H,11-12H2,1-2H3/t16-/m1/s1. The number of methoxy groups -OCH3 is 1. The highest BCUT2D eigenvalue weighted by Gasteiger charge is 2.21. The lowest BCUT2D eigenvalue weighted by molar-refractivity contribution is 0.174. The number of nitrogens with zero attached hydrogens (tertiary/aromatic N) is 1. The molecule has 0 unspecified atom stereocenters. The fourth-order valence-electron chi connectivity index (χ4n) is 2.16. The highest BCUT2D eigenvalue weighted by Crippen LogP contribution is 2.15. The first kappa shape index (κ1) is 16.6. The zero-order chi connectivity index (χ0) is 16.0. The van der Waals surface area contributed by atoms with Crippen LogP contribution in [-0.4, -0.2) is 27.1 Å². The van der Waals surface area contributed by atoms with Gasteiger partial charge >= 0.3 is 0 Å². The topological polar surface area (TPSA) is 68.3 Å². The molecule has 1 N–H and O–H groups in total. The monoisotopic (exact) mass is 320 g/mol. The van der Waals surface area contributed by atoms with Crippen molar-refractivity contribution < 1.29 is 13.2 Å². The van der Waals surface area contributed by atoms with Gasteiger partial charge in [-0.05, 0) is 30.2 Å². The number of pyridine rings is 1. The van der Waals surface area contributed by atoms with Crippen LogP contribution in [0.2, 0.25) is 0 Å². The van der Waals surface area contributed by atoms with Gasteiger partial charge in [0.1, 0.15) is 0 Å². The van der Waals surface area contributed by atoms with Crippen LogP contribution >= 0.6 is 0 Å². The minimum atomic E-state index is -3.50. The molecule has 0 saturated heterocycles. The van der Waals surface area contributed by atoms with Gasteiger partial charge in [-0.2, -0.15) is 0 Å². The van der Waals surface area contributed by atoms with Crippen LogP contribution in [0.3, 0.4) is 0 Å². The van der Waals surface area contributed by atoms with E-state index in [0.717, 1.165) is 11.1 Å². The number of sulfonamides is 1. The van der Waals surface area contributed by atoms with Crippen LogP contribution in [0.1, 0.15) is 22.9 Å². The molecular weight excluding hydrogens is 300 g/mol. The minimum Gasteiger partial charge on any atom is -0.383 e. The van der Waals surface area contributed by atoms with Crippen molar-refractivity contribution in [2.24, 2.45) is 0 Å². The molecule has 1 aromatic carbocycles. The molecule has 0 radical (unpaired) electrons. The second-order valence-corrected chi connectivity index (χ2v) is 6.82. The molecule has 1 aromatic heterocycles. The van der Waals surface area contributed by atoms with Crippen molar-refractivity contribution in [3.8, 4) is 0 Å². The number of hydrogen-bond acceptors (Lipinski definition) is 4. The van der Waals surface area contributed by atoms with Crippen molar-refractivity contribution in [3.05, 3.63) is 65.5 Å². The van der Waals surface area contributed by atoms with E-state index in [4.69, 9.17) is 4.74 Å². The number of rotatable bonds is 7. The first-order valence-corrected chi connectivity index (χ1v) is 8.61. The molecule has 0 saturated carbocycles. The zero-order valence-electron chi connectivity index (χ0n) is 12.7. The number of aromatic nitrogens is 1. The first-order valence-electron chi connectivity index (χ1n) is 6.96. The molecule has 0 aliphatic carbocycles. The van der Waals surface area contributed by atoms with Crippen LogP contribution < -0.4 is 4.72 Å². The van der Waals surface area contributed by atoms with Crippen LogP contribution in [0.25, 0.3) is 0 Å². The lowest BCUT2D eigenvalue weighted by atomic mass is 10.1. The second-order valence-electron chi connectivity index (χ2n) is 5.07. The molecule has 0 fully saturated rings. The van der Waals surface area contributed by atoms with Gasteiger partial charge in [0.15, 0.2) is 0 Å². The van der Waals surface area contributed by atoms with Crippen LogP contribution in [0.15, 0.2) is 48.7 Å². The number of ether oxygens (including phenoxy) is 1.